The van der Waals surface area contributed by atoms with Gasteiger partial charge in [-0.2, -0.15) is 0 Å². The predicted molar refractivity (Wildman–Crippen MR) is 124 cm³/mol. The van der Waals surface area contributed by atoms with Gasteiger partial charge in [0.25, 0.3) is 0 Å². The first-order chi connectivity index (χ1) is 10.6. The van der Waals surface area contributed by atoms with E-state index in [0.29, 0.717) is 11.5 Å². The first kappa shape index (κ1) is 21.4. The molecule has 0 amide bonds. The van der Waals surface area contributed by atoms with Crippen molar-refractivity contribution >= 4 is 127 Å². The molecule has 0 radical (unpaired) electrons. The maximum Gasteiger partial charge on any atom is 0.157 e. The minimum atomic E-state index is 0.688. The fourth-order valence-corrected chi connectivity index (χ4v) is 6.98. The van der Waals surface area contributed by atoms with Crippen molar-refractivity contribution in [3.05, 3.63) is 46.9 Å². The Morgan fingerprint density at radius 1 is 0.435 bits per heavy atom. The lowest BCUT2D eigenvalue weighted by atomic mass is 10.2. The van der Waals surface area contributed by atoms with Gasteiger partial charge in [-0.1, -0.05) is 0 Å². The molecular formula is C14H6Br8O. The molecule has 9 heteroatoms. The lowest BCUT2D eigenvalue weighted by Crippen LogP contribution is -1.96. The highest BCUT2D eigenvalue weighted by atomic mass is 79.9. The highest BCUT2D eigenvalue weighted by molar-refractivity contribution is 9.15. The second-order valence-electron chi connectivity index (χ2n) is 4.52. The van der Waals surface area contributed by atoms with Crippen LogP contribution < -0.4 is 4.74 Å². The lowest BCUT2D eigenvalue weighted by molar-refractivity contribution is 0.468. The van der Waals surface area contributed by atoms with Crippen molar-refractivity contribution in [1.82, 2.24) is 0 Å². The molecule has 2 aromatic rings. The maximum absolute atomic E-state index is 6.25. The SMILES string of the molecule is Cc1c(Br)c(Br)c(Br)c(Oc2c(Br)c(C)c(Br)c(Br)c2Br)c1Br. The summed E-state index contributed by atoms with van der Waals surface area (Å²) < 4.78 is 13.3. The average Bonchev–Trinajstić information content (AvgIpc) is 2.54. The van der Waals surface area contributed by atoms with Crippen LogP contribution in [0.3, 0.4) is 0 Å². The number of rotatable bonds is 2. The summed E-state index contributed by atoms with van der Waals surface area (Å²) >= 11 is 28.7. The summed E-state index contributed by atoms with van der Waals surface area (Å²) in [6.45, 7) is 4.01. The molecule has 0 aliphatic rings. The fraction of sp³-hybridized carbons (Fsp3) is 0.143. The van der Waals surface area contributed by atoms with Crippen molar-refractivity contribution in [1.29, 1.82) is 0 Å². The van der Waals surface area contributed by atoms with E-state index >= 15 is 0 Å². The van der Waals surface area contributed by atoms with Gasteiger partial charge >= 0.3 is 0 Å². The lowest BCUT2D eigenvalue weighted by Gasteiger charge is -2.19. The summed E-state index contributed by atoms with van der Waals surface area (Å²) in [6.07, 6.45) is 0. The zero-order valence-electron chi connectivity index (χ0n) is 11.4. The van der Waals surface area contributed by atoms with E-state index in [0.717, 1.165) is 46.9 Å². The Hall–Kier alpha value is 2.08. The van der Waals surface area contributed by atoms with Crippen LogP contribution in [0.4, 0.5) is 0 Å². The predicted octanol–water partition coefficient (Wildman–Crippen LogP) is 10.2. The Morgan fingerprint density at radius 3 is 1.04 bits per heavy atom. The minimum Gasteiger partial charge on any atom is -0.452 e. The van der Waals surface area contributed by atoms with Crippen molar-refractivity contribution in [2.75, 3.05) is 0 Å². The van der Waals surface area contributed by atoms with Gasteiger partial charge in [-0.15, -0.1) is 0 Å². The van der Waals surface area contributed by atoms with Crippen molar-refractivity contribution in [3.63, 3.8) is 0 Å². The van der Waals surface area contributed by atoms with Gasteiger partial charge in [0.2, 0.25) is 0 Å². The minimum absolute atomic E-state index is 0.688. The standard InChI is InChI=1S/C14H6Br8O/c1-3-5(15)9(19)11(21)13(7(3)17)23-14-8(18)4(2)6(16)10(20)12(14)22/h1-2H3. The van der Waals surface area contributed by atoms with Gasteiger partial charge in [-0.3, -0.25) is 0 Å². The number of ether oxygens (including phenoxy) is 1. The molecule has 0 heterocycles. The maximum atomic E-state index is 6.25. The van der Waals surface area contributed by atoms with E-state index in [-0.39, 0.29) is 0 Å². The largest absolute Gasteiger partial charge is 0.452 e. The van der Waals surface area contributed by atoms with Crippen LogP contribution in [0.15, 0.2) is 35.8 Å². The van der Waals surface area contributed by atoms with E-state index in [1.807, 2.05) is 13.8 Å². The smallest absolute Gasteiger partial charge is 0.157 e. The zero-order valence-corrected chi connectivity index (χ0v) is 24.1. The third-order valence-corrected chi connectivity index (χ3v) is 12.2. The van der Waals surface area contributed by atoms with Gasteiger partial charge in [-0.05, 0) is 152 Å². The summed E-state index contributed by atoms with van der Waals surface area (Å²) in [7, 11) is 0. The molecule has 0 spiro atoms. The average molecular weight is 829 g/mol. The normalized spacial score (nSPS) is 11.0. The van der Waals surface area contributed by atoms with E-state index in [1.54, 1.807) is 0 Å². The molecule has 0 aliphatic heterocycles. The van der Waals surface area contributed by atoms with Crippen LogP contribution in [0.2, 0.25) is 0 Å². The Kier molecular flexibility index (Phi) is 7.81. The Labute approximate surface area is 201 Å². The van der Waals surface area contributed by atoms with Gasteiger partial charge in [0.05, 0.1) is 26.8 Å². The molecule has 0 unspecified atom stereocenters. The van der Waals surface area contributed by atoms with Gasteiger partial charge in [0, 0.05) is 8.95 Å². The van der Waals surface area contributed by atoms with E-state index in [4.69, 9.17) is 4.74 Å². The topological polar surface area (TPSA) is 9.23 Å². The van der Waals surface area contributed by atoms with E-state index in [1.165, 1.54) is 0 Å². The molecule has 2 rings (SSSR count). The Bertz CT molecular complexity index is 690. The molecule has 0 atom stereocenters. The van der Waals surface area contributed by atoms with Crippen LogP contribution in [-0.2, 0) is 0 Å². The first-order valence-corrected chi connectivity index (χ1v) is 12.3. The monoisotopic (exact) mass is 821 g/mol. The Morgan fingerprint density at radius 2 is 0.739 bits per heavy atom. The molecule has 1 nitrogen and oxygen atoms in total. The molecule has 0 aliphatic carbocycles. The number of hydrogen-bond donors (Lipinski definition) is 0. The number of benzene rings is 2. The van der Waals surface area contributed by atoms with Crippen LogP contribution in [0.1, 0.15) is 11.1 Å². The molecule has 0 saturated carbocycles. The molecule has 0 saturated heterocycles. The van der Waals surface area contributed by atoms with Crippen molar-refractivity contribution < 1.29 is 4.74 Å². The molecular weight excluding hydrogens is 823 g/mol. The summed E-state index contributed by atoms with van der Waals surface area (Å²) in [4.78, 5) is 0. The third kappa shape index (κ3) is 4.01. The Balaban J connectivity index is 2.71. The van der Waals surface area contributed by atoms with Gasteiger partial charge in [0.15, 0.2) is 11.5 Å². The van der Waals surface area contributed by atoms with Crippen molar-refractivity contribution in [2.45, 2.75) is 13.8 Å². The van der Waals surface area contributed by atoms with Crippen molar-refractivity contribution in [3.8, 4) is 11.5 Å². The van der Waals surface area contributed by atoms with Crippen LogP contribution >= 0.6 is 127 Å². The van der Waals surface area contributed by atoms with Crippen LogP contribution in [0, 0.1) is 13.8 Å². The second-order valence-corrected chi connectivity index (χ2v) is 10.9. The van der Waals surface area contributed by atoms with E-state index < -0.39 is 0 Å². The highest BCUT2D eigenvalue weighted by Crippen LogP contribution is 2.52. The van der Waals surface area contributed by atoms with Crippen LogP contribution in [-0.4, -0.2) is 0 Å². The fourth-order valence-electron chi connectivity index (χ4n) is 1.73. The van der Waals surface area contributed by atoms with Crippen LogP contribution in [0.25, 0.3) is 0 Å². The molecule has 2 aromatic carbocycles. The number of hydrogen-bond acceptors (Lipinski definition) is 1. The van der Waals surface area contributed by atoms with Gasteiger partial charge in [0.1, 0.15) is 0 Å². The van der Waals surface area contributed by atoms with Crippen molar-refractivity contribution in [2.24, 2.45) is 0 Å². The molecule has 124 valence electrons. The molecule has 0 fully saturated rings. The molecule has 0 aromatic heterocycles. The van der Waals surface area contributed by atoms with Crippen LogP contribution in [0.5, 0.6) is 11.5 Å². The zero-order chi connectivity index (χ0) is 17.6. The summed E-state index contributed by atoms with van der Waals surface area (Å²) in [5.41, 5.74) is 2.07. The molecule has 0 N–H and O–H groups in total. The van der Waals surface area contributed by atoms with E-state index in [2.05, 4.69) is 127 Å². The summed E-state index contributed by atoms with van der Waals surface area (Å²) in [5, 5.41) is 0. The molecule has 0 bridgehead atoms. The highest BCUT2D eigenvalue weighted by Gasteiger charge is 2.23. The summed E-state index contributed by atoms with van der Waals surface area (Å²) in [5.74, 6) is 1.38. The molecule has 23 heavy (non-hydrogen) atoms. The first-order valence-electron chi connectivity index (χ1n) is 5.92. The third-order valence-electron chi connectivity index (χ3n) is 3.09. The second kappa shape index (κ2) is 8.40. The van der Waals surface area contributed by atoms with Gasteiger partial charge in [-0.25, -0.2) is 0 Å². The van der Waals surface area contributed by atoms with Gasteiger partial charge < -0.3 is 4.74 Å². The quantitative estimate of drug-likeness (QED) is 0.217. The van der Waals surface area contributed by atoms with E-state index in [9.17, 15) is 0 Å². The summed E-state index contributed by atoms with van der Waals surface area (Å²) in [6, 6.07) is 0. The number of halogens is 8.